The highest BCUT2D eigenvalue weighted by molar-refractivity contribution is 5.96. The number of likely N-dealkylation sites (N-methyl/N-ethyl adjacent to an activating group) is 2. The summed E-state index contributed by atoms with van der Waals surface area (Å²) in [4.78, 5) is 13.4. The zero-order valence-electron chi connectivity index (χ0n) is 8.82. The van der Waals surface area contributed by atoms with Gasteiger partial charge in [-0.2, -0.15) is 0 Å². The molecule has 1 unspecified atom stereocenters. The van der Waals surface area contributed by atoms with E-state index in [0.717, 1.165) is 5.69 Å². The molecule has 1 aromatic rings. The molecule has 1 atom stereocenters. The zero-order chi connectivity index (χ0) is 10.6. The first kappa shape index (κ1) is 10.7. The van der Waals surface area contributed by atoms with E-state index in [4.69, 9.17) is 0 Å². The van der Waals surface area contributed by atoms with E-state index in [-0.39, 0.29) is 11.9 Å². The summed E-state index contributed by atoms with van der Waals surface area (Å²) >= 11 is 0. The Hall–Kier alpha value is -1.35. The summed E-state index contributed by atoms with van der Waals surface area (Å²) in [5, 5.41) is 2.92. The Morgan fingerprint density at radius 3 is 2.43 bits per heavy atom. The summed E-state index contributed by atoms with van der Waals surface area (Å²) in [7, 11) is 3.56. The van der Waals surface area contributed by atoms with Crippen LogP contribution in [0.3, 0.4) is 0 Å². The van der Waals surface area contributed by atoms with Gasteiger partial charge in [0.15, 0.2) is 0 Å². The van der Waals surface area contributed by atoms with Crippen LogP contribution in [0.4, 0.5) is 5.69 Å². The highest BCUT2D eigenvalue weighted by Gasteiger charge is 2.16. The van der Waals surface area contributed by atoms with Gasteiger partial charge in [-0.15, -0.1) is 0 Å². The van der Waals surface area contributed by atoms with Crippen LogP contribution in [0, 0.1) is 0 Å². The molecule has 1 amide bonds. The van der Waals surface area contributed by atoms with Gasteiger partial charge in [0, 0.05) is 12.7 Å². The first-order chi connectivity index (χ1) is 6.66. The third kappa shape index (κ3) is 2.33. The second kappa shape index (κ2) is 4.77. The molecule has 0 fully saturated rings. The number of benzene rings is 1. The Morgan fingerprint density at radius 2 is 1.93 bits per heavy atom. The van der Waals surface area contributed by atoms with Crippen molar-refractivity contribution in [3.05, 3.63) is 30.3 Å². The van der Waals surface area contributed by atoms with Crippen LogP contribution in [0.5, 0.6) is 0 Å². The molecule has 0 aliphatic carbocycles. The Morgan fingerprint density at radius 1 is 1.36 bits per heavy atom. The van der Waals surface area contributed by atoms with Gasteiger partial charge < -0.3 is 10.2 Å². The molecule has 3 heteroatoms. The standard InChI is InChI=1S/C11H16N2O/c1-9(12-2)11(14)13(3)10-7-5-4-6-8-10/h4-9,12H,1-3H3. The third-order valence-electron chi connectivity index (χ3n) is 2.28. The Kier molecular flexibility index (Phi) is 3.65. The third-order valence-corrected chi connectivity index (χ3v) is 2.28. The molecule has 0 spiro atoms. The lowest BCUT2D eigenvalue weighted by Crippen LogP contribution is -2.41. The summed E-state index contributed by atoms with van der Waals surface area (Å²) in [6.07, 6.45) is 0. The van der Waals surface area contributed by atoms with E-state index in [9.17, 15) is 4.79 Å². The number of carbonyl (C=O) groups is 1. The van der Waals surface area contributed by atoms with Crippen LogP contribution in [0.15, 0.2) is 30.3 Å². The molecule has 1 aromatic carbocycles. The number of anilines is 1. The monoisotopic (exact) mass is 192 g/mol. The lowest BCUT2D eigenvalue weighted by molar-refractivity contribution is -0.119. The average Bonchev–Trinajstić information content (AvgIpc) is 2.27. The number of hydrogen-bond donors (Lipinski definition) is 1. The number of carbonyl (C=O) groups excluding carboxylic acids is 1. The SMILES string of the molecule is CNC(C)C(=O)N(C)c1ccccc1. The summed E-state index contributed by atoms with van der Waals surface area (Å²) in [6.45, 7) is 1.85. The van der Waals surface area contributed by atoms with E-state index < -0.39 is 0 Å². The fourth-order valence-electron chi connectivity index (χ4n) is 1.19. The summed E-state index contributed by atoms with van der Waals surface area (Å²) in [5.74, 6) is 0.0682. The van der Waals surface area contributed by atoms with Crippen LogP contribution < -0.4 is 10.2 Å². The molecular formula is C11H16N2O. The summed E-state index contributed by atoms with van der Waals surface area (Å²) < 4.78 is 0. The second-order valence-corrected chi connectivity index (χ2v) is 3.24. The Labute approximate surface area is 84.7 Å². The maximum absolute atomic E-state index is 11.7. The van der Waals surface area contributed by atoms with E-state index >= 15 is 0 Å². The van der Waals surface area contributed by atoms with Gasteiger partial charge in [-0.25, -0.2) is 0 Å². The normalized spacial score (nSPS) is 12.2. The molecule has 76 valence electrons. The molecule has 0 saturated heterocycles. The van der Waals surface area contributed by atoms with Gasteiger partial charge in [0.05, 0.1) is 6.04 Å². The summed E-state index contributed by atoms with van der Waals surface area (Å²) in [5.41, 5.74) is 0.916. The van der Waals surface area contributed by atoms with Crippen molar-refractivity contribution in [2.75, 3.05) is 19.0 Å². The van der Waals surface area contributed by atoms with Crippen LogP contribution >= 0.6 is 0 Å². The quantitative estimate of drug-likeness (QED) is 0.782. The Bertz CT molecular complexity index is 297. The molecule has 0 aliphatic heterocycles. The van der Waals surface area contributed by atoms with E-state index in [1.807, 2.05) is 37.3 Å². The summed E-state index contributed by atoms with van der Waals surface area (Å²) in [6, 6.07) is 9.45. The van der Waals surface area contributed by atoms with Crippen molar-refractivity contribution in [1.82, 2.24) is 5.32 Å². The van der Waals surface area contributed by atoms with Crippen molar-refractivity contribution in [2.24, 2.45) is 0 Å². The van der Waals surface area contributed by atoms with Gasteiger partial charge in [0.1, 0.15) is 0 Å². The van der Waals surface area contributed by atoms with Crippen LogP contribution in [-0.2, 0) is 4.79 Å². The van der Waals surface area contributed by atoms with Crippen LogP contribution in [-0.4, -0.2) is 26.0 Å². The lowest BCUT2D eigenvalue weighted by atomic mass is 10.2. The zero-order valence-corrected chi connectivity index (χ0v) is 8.82. The minimum Gasteiger partial charge on any atom is -0.314 e. The molecular weight excluding hydrogens is 176 g/mol. The van der Waals surface area contributed by atoms with Crippen LogP contribution in [0.1, 0.15) is 6.92 Å². The topological polar surface area (TPSA) is 32.3 Å². The average molecular weight is 192 g/mol. The van der Waals surface area contributed by atoms with Crippen LogP contribution in [0.25, 0.3) is 0 Å². The van der Waals surface area contributed by atoms with Crippen molar-refractivity contribution < 1.29 is 4.79 Å². The van der Waals surface area contributed by atoms with Crippen molar-refractivity contribution >= 4 is 11.6 Å². The van der Waals surface area contributed by atoms with E-state index in [1.54, 1.807) is 19.0 Å². The van der Waals surface area contributed by atoms with Gasteiger partial charge in [0.25, 0.3) is 0 Å². The predicted molar refractivity (Wildman–Crippen MR) is 58.4 cm³/mol. The number of hydrogen-bond acceptors (Lipinski definition) is 2. The smallest absolute Gasteiger partial charge is 0.243 e. The van der Waals surface area contributed by atoms with Crippen molar-refractivity contribution in [3.63, 3.8) is 0 Å². The number of nitrogens with zero attached hydrogens (tertiary/aromatic N) is 1. The van der Waals surface area contributed by atoms with Gasteiger partial charge in [0.2, 0.25) is 5.91 Å². The maximum Gasteiger partial charge on any atom is 0.243 e. The number of amides is 1. The molecule has 0 aliphatic rings. The first-order valence-corrected chi connectivity index (χ1v) is 4.66. The number of rotatable bonds is 3. The highest BCUT2D eigenvalue weighted by atomic mass is 16.2. The number of nitrogens with one attached hydrogen (secondary N) is 1. The molecule has 0 aromatic heterocycles. The van der Waals surface area contributed by atoms with Crippen LogP contribution in [0.2, 0.25) is 0 Å². The van der Waals surface area contributed by atoms with E-state index in [1.165, 1.54) is 0 Å². The predicted octanol–water partition coefficient (Wildman–Crippen LogP) is 1.26. The van der Waals surface area contributed by atoms with Crippen molar-refractivity contribution in [3.8, 4) is 0 Å². The Balaban J connectivity index is 2.76. The largest absolute Gasteiger partial charge is 0.314 e. The molecule has 0 radical (unpaired) electrons. The molecule has 0 saturated carbocycles. The molecule has 3 nitrogen and oxygen atoms in total. The van der Waals surface area contributed by atoms with Gasteiger partial charge in [-0.3, -0.25) is 4.79 Å². The molecule has 1 N–H and O–H groups in total. The van der Waals surface area contributed by atoms with Crippen molar-refractivity contribution in [2.45, 2.75) is 13.0 Å². The van der Waals surface area contributed by atoms with E-state index in [2.05, 4.69) is 5.32 Å². The van der Waals surface area contributed by atoms with Gasteiger partial charge in [-0.1, -0.05) is 18.2 Å². The highest BCUT2D eigenvalue weighted by Crippen LogP contribution is 2.11. The van der Waals surface area contributed by atoms with Gasteiger partial charge >= 0.3 is 0 Å². The minimum absolute atomic E-state index is 0.0682. The van der Waals surface area contributed by atoms with E-state index in [0.29, 0.717) is 0 Å². The first-order valence-electron chi connectivity index (χ1n) is 4.66. The van der Waals surface area contributed by atoms with Gasteiger partial charge in [-0.05, 0) is 26.1 Å². The fourth-order valence-corrected chi connectivity index (χ4v) is 1.19. The lowest BCUT2D eigenvalue weighted by Gasteiger charge is -2.20. The minimum atomic E-state index is -0.153. The fraction of sp³-hybridized carbons (Fsp3) is 0.364. The molecule has 0 heterocycles. The molecule has 14 heavy (non-hydrogen) atoms. The van der Waals surface area contributed by atoms with Crippen molar-refractivity contribution in [1.29, 1.82) is 0 Å². The molecule has 1 rings (SSSR count). The number of para-hydroxylation sites is 1. The maximum atomic E-state index is 11.7. The molecule has 0 bridgehead atoms. The second-order valence-electron chi connectivity index (χ2n) is 3.24.